The van der Waals surface area contributed by atoms with Crippen molar-refractivity contribution in [3.05, 3.63) is 0 Å². The van der Waals surface area contributed by atoms with Gasteiger partial charge in [0, 0.05) is 13.5 Å². The molecule has 0 saturated carbocycles. The summed E-state index contributed by atoms with van der Waals surface area (Å²) in [7, 11) is 1.63. The summed E-state index contributed by atoms with van der Waals surface area (Å²) in [4.78, 5) is 9.40. The maximum Gasteiger partial charge on any atom is 0.119 e. The van der Waals surface area contributed by atoms with E-state index in [1.807, 2.05) is 13.8 Å². The van der Waals surface area contributed by atoms with Gasteiger partial charge in [-0.3, -0.25) is 0 Å². The molecule has 92 valence electrons. The number of aldehydes is 1. The van der Waals surface area contributed by atoms with Gasteiger partial charge in [-0.05, 0) is 20.3 Å². The van der Waals surface area contributed by atoms with E-state index in [1.165, 1.54) is 0 Å². The molecule has 2 unspecified atom stereocenters. The van der Waals surface area contributed by atoms with E-state index in [0.29, 0.717) is 19.6 Å². The Hall–Kier alpha value is -0.450. The Bertz CT molecular complexity index is 126. The lowest BCUT2D eigenvalue weighted by atomic mass is 10.4. The molecule has 0 amide bonds. The molecule has 0 bridgehead atoms. The third-order valence-electron chi connectivity index (χ3n) is 1.43. The first-order valence-corrected chi connectivity index (χ1v) is 5.30. The molecule has 0 aromatic heterocycles. The van der Waals surface area contributed by atoms with Crippen LogP contribution in [0.15, 0.2) is 0 Å². The van der Waals surface area contributed by atoms with Gasteiger partial charge in [0.1, 0.15) is 6.29 Å². The highest BCUT2D eigenvalue weighted by Gasteiger charge is 2.02. The highest BCUT2D eigenvalue weighted by molar-refractivity contribution is 5.48. The first-order chi connectivity index (χ1) is 7.08. The highest BCUT2D eigenvalue weighted by Crippen LogP contribution is 1.92. The molecule has 0 heterocycles. The van der Waals surface area contributed by atoms with Crippen LogP contribution in [0.25, 0.3) is 0 Å². The standard InChI is InChI=1S/C7H16O3.C4H8O/c1-6(8)4-10-7(2)5-9-3;1-2-3-4-5/h6-8H,4-5H2,1-3H3;4H,2-3H2,1H3. The van der Waals surface area contributed by atoms with Crippen molar-refractivity contribution in [1.29, 1.82) is 0 Å². The Morgan fingerprint density at radius 2 is 1.93 bits per heavy atom. The minimum atomic E-state index is -0.390. The highest BCUT2D eigenvalue weighted by atomic mass is 16.5. The van der Waals surface area contributed by atoms with Crippen molar-refractivity contribution in [2.45, 2.75) is 45.8 Å². The second-order valence-corrected chi connectivity index (χ2v) is 3.40. The van der Waals surface area contributed by atoms with Crippen LogP contribution in [0.3, 0.4) is 0 Å². The molecule has 4 heteroatoms. The molecule has 0 aromatic carbocycles. The van der Waals surface area contributed by atoms with E-state index in [-0.39, 0.29) is 12.2 Å². The third-order valence-corrected chi connectivity index (χ3v) is 1.43. The van der Waals surface area contributed by atoms with E-state index in [1.54, 1.807) is 14.0 Å². The number of hydrogen-bond donors (Lipinski definition) is 1. The summed E-state index contributed by atoms with van der Waals surface area (Å²) in [6.45, 7) is 6.54. The van der Waals surface area contributed by atoms with Crippen molar-refractivity contribution in [1.82, 2.24) is 0 Å². The molecule has 0 spiro atoms. The Morgan fingerprint density at radius 1 is 1.33 bits per heavy atom. The fourth-order valence-corrected chi connectivity index (χ4v) is 0.704. The van der Waals surface area contributed by atoms with Gasteiger partial charge in [0.25, 0.3) is 0 Å². The van der Waals surface area contributed by atoms with Crippen LogP contribution in [0.1, 0.15) is 33.6 Å². The van der Waals surface area contributed by atoms with Gasteiger partial charge < -0.3 is 19.4 Å². The van der Waals surface area contributed by atoms with Gasteiger partial charge >= 0.3 is 0 Å². The first-order valence-electron chi connectivity index (χ1n) is 5.30. The molecule has 4 nitrogen and oxygen atoms in total. The van der Waals surface area contributed by atoms with Crippen LogP contribution < -0.4 is 0 Å². The molecule has 0 saturated heterocycles. The maximum atomic E-state index is 9.40. The number of aliphatic hydroxyl groups is 1. The van der Waals surface area contributed by atoms with Crippen molar-refractivity contribution >= 4 is 6.29 Å². The topological polar surface area (TPSA) is 55.8 Å². The SMILES string of the molecule is CCCC=O.COCC(C)OCC(C)O. The van der Waals surface area contributed by atoms with E-state index < -0.39 is 0 Å². The maximum absolute atomic E-state index is 9.40. The molecule has 2 atom stereocenters. The Balaban J connectivity index is 0. The fourth-order valence-electron chi connectivity index (χ4n) is 0.704. The molecular formula is C11H24O4. The minimum Gasteiger partial charge on any atom is -0.391 e. The van der Waals surface area contributed by atoms with Gasteiger partial charge in [0.15, 0.2) is 0 Å². The molecule has 0 aliphatic carbocycles. The third kappa shape index (κ3) is 19.8. The van der Waals surface area contributed by atoms with Gasteiger partial charge in [-0.2, -0.15) is 0 Å². The quantitative estimate of drug-likeness (QED) is 0.659. The zero-order valence-electron chi connectivity index (χ0n) is 10.2. The Morgan fingerprint density at radius 3 is 2.20 bits per heavy atom. The van der Waals surface area contributed by atoms with Crippen molar-refractivity contribution < 1.29 is 19.4 Å². The summed E-state index contributed by atoms with van der Waals surface area (Å²) < 4.78 is 10.00. The van der Waals surface area contributed by atoms with Crippen LogP contribution in [-0.4, -0.2) is 43.9 Å². The predicted octanol–water partition coefficient (Wildman–Crippen LogP) is 1.40. The van der Waals surface area contributed by atoms with Gasteiger partial charge in [0.05, 0.1) is 25.4 Å². The van der Waals surface area contributed by atoms with E-state index in [4.69, 9.17) is 14.6 Å². The van der Waals surface area contributed by atoms with Crippen LogP contribution >= 0.6 is 0 Å². The molecule has 1 N–H and O–H groups in total. The van der Waals surface area contributed by atoms with Gasteiger partial charge in [-0.1, -0.05) is 6.92 Å². The van der Waals surface area contributed by atoms with Gasteiger partial charge in [-0.25, -0.2) is 0 Å². The smallest absolute Gasteiger partial charge is 0.119 e. The number of rotatable bonds is 7. The van der Waals surface area contributed by atoms with Crippen LogP contribution in [-0.2, 0) is 14.3 Å². The predicted molar refractivity (Wildman–Crippen MR) is 59.9 cm³/mol. The molecule has 0 aliphatic rings. The number of methoxy groups -OCH3 is 1. The second-order valence-electron chi connectivity index (χ2n) is 3.40. The zero-order chi connectivity index (χ0) is 12.1. The lowest BCUT2D eigenvalue weighted by molar-refractivity contribution is -0.107. The largest absolute Gasteiger partial charge is 0.391 e. The summed E-state index contributed by atoms with van der Waals surface area (Å²) in [5.41, 5.74) is 0. The van der Waals surface area contributed by atoms with Crippen LogP contribution in [0.5, 0.6) is 0 Å². The molecule has 0 radical (unpaired) electrons. The van der Waals surface area contributed by atoms with Crippen molar-refractivity contribution in [2.75, 3.05) is 20.3 Å². The summed E-state index contributed by atoms with van der Waals surface area (Å²) in [5, 5.41) is 8.80. The molecule has 0 fully saturated rings. The number of aliphatic hydroxyl groups excluding tert-OH is 1. The summed E-state index contributed by atoms with van der Waals surface area (Å²) >= 11 is 0. The van der Waals surface area contributed by atoms with Gasteiger partial charge in [-0.15, -0.1) is 0 Å². The van der Waals surface area contributed by atoms with Crippen LogP contribution in [0.4, 0.5) is 0 Å². The molecular weight excluding hydrogens is 196 g/mol. The van der Waals surface area contributed by atoms with Crippen LogP contribution in [0.2, 0.25) is 0 Å². The summed E-state index contributed by atoms with van der Waals surface area (Å²) in [5.74, 6) is 0. The lowest BCUT2D eigenvalue weighted by Crippen LogP contribution is -2.20. The molecule has 0 aliphatic heterocycles. The number of ether oxygens (including phenoxy) is 2. The van der Waals surface area contributed by atoms with E-state index in [0.717, 1.165) is 12.7 Å². The first kappa shape index (κ1) is 17.0. The Kier molecular flexibility index (Phi) is 15.3. The van der Waals surface area contributed by atoms with Crippen molar-refractivity contribution in [3.63, 3.8) is 0 Å². The van der Waals surface area contributed by atoms with E-state index in [9.17, 15) is 4.79 Å². The lowest BCUT2D eigenvalue weighted by Gasteiger charge is -2.12. The number of carbonyl (C=O) groups excluding carboxylic acids is 1. The average Bonchev–Trinajstić information content (AvgIpc) is 2.17. The number of carbonyl (C=O) groups is 1. The summed E-state index contributed by atoms with van der Waals surface area (Å²) in [6, 6.07) is 0. The summed E-state index contributed by atoms with van der Waals surface area (Å²) in [6.07, 6.45) is 2.29. The fraction of sp³-hybridized carbons (Fsp3) is 0.909. The molecule has 0 aromatic rings. The van der Waals surface area contributed by atoms with Gasteiger partial charge in [0.2, 0.25) is 0 Å². The Labute approximate surface area is 92.6 Å². The normalized spacial score (nSPS) is 13.7. The van der Waals surface area contributed by atoms with Crippen molar-refractivity contribution in [3.8, 4) is 0 Å². The van der Waals surface area contributed by atoms with Crippen LogP contribution in [0, 0.1) is 0 Å². The van der Waals surface area contributed by atoms with Crippen molar-refractivity contribution in [2.24, 2.45) is 0 Å². The van der Waals surface area contributed by atoms with E-state index in [2.05, 4.69) is 0 Å². The number of unbranched alkanes of at least 4 members (excludes halogenated alkanes) is 1. The zero-order valence-corrected chi connectivity index (χ0v) is 10.2. The molecule has 15 heavy (non-hydrogen) atoms. The second kappa shape index (κ2) is 13.5. The molecule has 0 rings (SSSR count). The van der Waals surface area contributed by atoms with E-state index >= 15 is 0 Å². The average molecular weight is 220 g/mol. The monoisotopic (exact) mass is 220 g/mol. The number of hydrogen-bond acceptors (Lipinski definition) is 4. The minimum absolute atomic E-state index is 0.0691.